The van der Waals surface area contributed by atoms with Crippen LogP contribution < -0.4 is 5.73 Å². The second-order valence-corrected chi connectivity index (χ2v) is 4.87. The minimum Gasteiger partial charge on any atom is -0.328 e. The first-order valence-electron chi connectivity index (χ1n) is 5.35. The smallest absolute Gasteiger partial charge is 0.0409 e. The van der Waals surface area contributed by atoms with Gasteiger partial charge in [0.1, 0.15) is 0 Å². The fourth-order valence-corrected chi connectivity index (χ4v) is 2.26. The molecular weight excluding hydrogens is 208 g/mol. The number of hydrogen-bond donors (Lipinski definition) is 1. The van der Waals surface area contributed by atoms with E-state index in [1.54, 1.807) is 0 Å². The molecule has 0 saturated heterocycles. The van der Waals surface area contributed by atoms with Crippen molar-refractivity contribution in [1.29, 1.82) is 0 Å². The summed E-state index contributed by atoms with van der Waals surface area (Å²) in [5.41, 5.74) is 7.05. The van der Waals surface area contributed by atoms with Crippen LogP contribution in [0.25, 0.3) is 0 Å². The molecule has 1 aliphatic carbocycles. The Morgan fingerprint density at radius 2 is 2.20 bits per heavy atom. The molecule has 0 heterocycles. The van der Waals surface area contributed by atoms with Crippen LogP contribution in [0.15, 0.2) is 24.3 Å². The van der Waals surface area contributed by atoms with E-state index in [-0.39, 0.29) is 0 Å². The van der Waals surface area contributed by atoms with E-state index in [2.05, 4.69) is 18.0 Å². The van der Waals surface area contributed by atoms with Crippen LogP contribution in [0.4, 0.5) is 0 Å². The Balaban J connectivity index is 1.91. The van der Waals surface area contributed by atoms with Crippen molar-refractivity contribution in [2.45, 2.75) is 31.5 Å². The van der Waals surface area contributed by atoms with Crippen molar-refractivity contribution < 1.29 is 0 Å². The molecule has 1 aromatic carbocycles. The Bertz CT molecular complexity index is 334. The molecule has 82 valence electrons. The Labute approximate surface area is 96.0 Å². The van der Waals surface area contributed by atoms with Crippen molar-refractivity contribution in [2.24, 2.45) is 5.73 Å². The summed E-state index contributed by atoms with van der Waals surface area (Å²) in [4.78, 5) is 2.36. The molecule has 0 radical (unpaired) electrons. The van der Waals surface area contributed by atoms with Crippen LogP contribution in [0.3, 0.4) is 0 Å². The van der Waals surface area contributed by atoms with Crippen molar-refractivity contribution in [3.8, 4) is 0 Å². The van der Waals surface area contributed by atoms with Crippen LogP contribution in [0.1, 0.15) is 18.4 Å². The molecule has 1 aromatic rings. The first-order valence-corrected chi connectivity index (χ1v) is 5.73. The number of halogens is 1. The number of benzene rings is 1. The molecule has 0 unspecified atom stereocenters. The predicted octanol–water partition coefficient (Wildman–Crippen LogP) is 2.26. The van der Waals surface area contributed by atoms with Gasteiger partial charge in [-0.2, -0.15) is 0 Å². The first kappa shape index (κ1) is 10.9. The van der Waals surface area contributed by atoms with Gasteiger partial charge in [-0.1, -0.05) is 23.7 Å². The molecule has 0 bridgehead atoms. The second kappa shape index (κ2) is 4.52. The number of nitrogens with zero attached hydrogens (tertiary/aromatic N) is 1. The molecule has 2 rings (SSSR count). The average molecular weight is 225 g/mol. The molecule has 2 N–H and O–H groups in total. The summed E-state index contributed by atoms with van der Waals surface area (Å²) < 4.78 is 0. The molecule has 0 aliphatic heterocycles. The van der Waals surface area contributed by atoms with Gasteiger partial charge in [-0.3, -0.25) is 4.90 Å². The monoisotopic (exact) mass is 224 g/mol. The van der Waals surface area contributed by atoms with Gasteiger partial charge in [0.05, 0.1) is 0 Å². The highest BCUT2D eigenvalue weighted by molar-refractivity contribution is 6.30. The lowest BCUT2D eigenvalue weighted by atomic mass is 9.86. The quantitative estimate of drug-likeness (QED) is 0.854. The van der Waals surface area contributed by atoms with Crippen molar-refractivity contribution in [3.05, 3.63) is 34.9 Å². The Hall–Kier alpha value is -0.570. The van der Waals surface area contributed by atoms with E-state index in [1.165, 1.54) is 5.56 Å². The summed E-state index contributed by atoms with van der Waals surface area (Å²) in [5.74, 6) is 0. The zero-order valence-corrected chi connectivity index (χ0v) is 9.74. The third-order valence-electron chi connectivity index (χ3n) is 3.09. The van der Waals surface area contributed by atoms with Crippen LogP contribution in [0.2, 0.25) is 5.02 Å². The van der Waals surface area contributed by atoms with Crippen LogP contribution in [-0.2, 0) is 6.54 Å². The fourth-order valence-electron chi connectivity index (χ4n) is 2.04. The second-order valence-electron chi connectivity index (χ2n) is 4.43. The van der Waals surface area contributed by atoms with Crippen LogP contribution in [-0.4, -0.2) is 24.0 Å². The normalized spacial score (nSPS) is 25.3. The standard InChI is InChI=1S/C12H17ClN2/c1-15(12-6-11(14)7-12)8-9-3-2-4-10(13)5-9/h2-5,11-12H,6-8,14H2,1H3. The average Bonchev–Trinajstić information content (AvgIpc) is 2.13. The van der Waals surface area contributed by atoms with E-state index in [4.69, 9.17) is 17.3 Å². The lowest BCUT2D eigenvalue weighted by molar-refractivity contribution is 0.132. The lowest BCUT2D eigenvalue weighted by Crippen LogP contribution is -2.48. The molecule has 0 amide bonds. The van der Waals surface area contributed by atoms with E-state index >= 15 is 0 Å². The van der Waals surface area contributed by atoms with Gasteiger partial charge < -0.3 is 5.73 Å². The van der Waals surface area contributed by atoms with E-state index in [0.717, 1.165) is 24.4 Å². The first-order chi connectivity index (χ1) is 7.15. The van der Waals surface area contributed by atoms with Crippen molar-refractivity contribution >= 4 is 11.6 Å². The van der Waals surface area contributed by atoms with Gasteiger partial charge in [0.15, 0.2) is 0 Å². The maximum absolute atomic E-state index is 5.94. The van der Waals surface area contributed by atoms with Gasteiger partial charge >= 0.3 is 0 Å². The third-order valence-corrected chi connectivity index (χ3v) is 3.33. The summed E-state index contributed by atoms with van der Waals surface area (Å²) in [6.45, 7) is 0.956. The molecule has 0 spiro atoms. The SMILES string of the molecule is CN(Cc1cccc(Cl)c1)C1CC(N)C1. The summed E-state index contributed by atoms with van der Waals surface area (Å²) in [6.07, 6.45) is 2.24. The van der Waals surface area contributed by atoms with E-state index < -0.39 is 0 Å². The van der Waals surface area contributed by atoms with Crippen LogP contribution >= 0.6 is 11.6 Å². The van der Waals surface area contributed by atoms with Gasteiger partial charge in [0.25, 0.3) is 0 Å². The fraction of sp³-hybridized carbons (Fsp3) is 0.500. The molecule has 1 fully saturated rings. The molecule has 0 atom stereocenters. The van der Waals surface area contributed by atoms with Gasteiger partial charge in [-0.15, -0.1) is 0 Å². The van der Waals surface area contributed by atoms with Crippen molar-refractivity contribution in [1.82, 2.24) is 4.90 Å². The minimum absolute atomic E-state index is 0.414. The number of hydrogen-bond acceptors (Lipinski definition) is 2. The molecule has 3 heteroatoms. The Morgan fingerprint density at radius 1 is 1.47 bits per heavy atom. The molecule has 1 saturated carbocycles. The Kier molecular flexibility index (Phi) is 3.29. The molecule has 1 aliphatic rings. The highest BCUT2D eigenvalue weighted by atomic mass is 35.5. The number of nitrogens with two attached hydrogens (primary N) is 1. The highest BCUT2D eigenvalue weighted by Gasteiger charge is 2.28. The van der Waals surface area contributed by atoms with Gasteiger partial charge in [0, 0.05) is 23.7 Å². The van der Waals surface area contributed by atoms with Gasteiger partial charge in [0.2, 0.25) is 0 Å². The largest absolute Gasteiger partial charge is 0.328 e. The van der Waals surface area contributed by atoms with Gasteiger partial charge in [-0.25, -0.2) is 0 Å². The molecule has 0 aromatic heterocycles. The maximum Gasteiger partial charge on any atom is 0.0409 e. The minimum atomic E-state index is 0.414. The summed E-state index contributed by atoms with van der Waals surface area (Å²) in [5, 5.41) is 0.811. The van der Waals surface area contributed by atoms with E-state index in [0.29, 0.717) is 12.1 Å². The van der Waals surface area contributed by atoms with E-state index in [1.807, 2.05) is 18.2 Å². The summed E-state index contributed by atoms with van der Waals surface area (Å²) in [6, 6.07) is 9.11. The lowest BCUT2D eigenvalue weighted by Gasteiger charge is -2.39. The van der Waals surface area contributed by atoms with Crippen molar-refractivity contribution in [2.75, 3.05) is 7.05 Å². The van der Waals surface area contributed by atoms with E-state index in [9.17, 15) is 0 Å². The zero-order chi connectivity index (χ0) is 10.8. The molecule has 2 nitrogen and oxygen atoms in total. The van der Waals surface area contributed by atoms with Crippen LogP contribution in [0, 0.1) is 0 Å². The summed E-state index contributed by atoms with van der Waals surface area (Å²) >= 11 is 5.94. The number of rotatable bonds is 3. The van der Waals surface area contributed by atoms with Gasteiger partial charge in [-0.05, 0) is 37.6 Å². The molecule has 15 heavy (non-hydrogen) atoms. The maximum atomic E-state index is 5.94. The topological polar surface area (TPSA) is 29.3 Å². The zero-order valence-electron chi connectivity index (χ0n) is 8.99. The third kappa shape index (κ3) is 2.71. The van der Waals surface area contributed by atoms with Crippen LogP contribution in [0.5, 0.6) is 0 Å². The summed E-state index contributed by atoms with van der Waals surface area (Å²) in [7, 11) is 2.15. The van der Waals surface area contributed by atoms with Crippen molar-refractivity contribution in [3.63, 3.8) is 0 Å². The predicted molar refractivity (Wildman–Crippen MR) is 63.9 cm³/mol. The molecular formula is C12H17ClN2. The Morgan fingerprint density at radius 3 is 2.80 bits per heavy atom. The highest BCUT2D eigenvalue weighted by Crippen LogP contribution is 2.24.